The zero-order valence-electron chi connectivity index (χ0n) is 11.3. The summed E-state index contributed by atoms with van der Waals surface area (Å²) >= 11 is 0. The topological polar surface area (TPSA) is 36.0 Å². The molecule has 1 aliphatic carbocycles. The second-order valence-corrected chi connectivity index (χ2v) is 6.80. The van der Waals surface area contributed by atoms with E-state index in [0.29, 0.717) is 12.0 Å². The molecular formula is C14H25NO2. The monoisotopic (exact) mass is 239 g/mol. The molecule has 3 rings (SSSR count). The van der Waals surface area contributed by atoms with Crippen molar-refractivity contribution in [3.63, 3.8) is 0 Å². The van der Waals surface area contributed by atoms with E-state index in [9.17, 15) is 5.11 Å². The molecule has 3 heteroatoms. The smallest absolute Gasteiger partial charge is 0.111 e. The summed E-state index contributed by atoms with van der Waals surface area (Å²) < 4.78 is 5.97. The zero-order chi connectivity index (χ0) is 12.3. The van der Waals surface area contributed by atoms with Gasteiger partial charge in [0, 0.05) is 17.5 Å². The van der Waals surface area contributed by atoms with Gasteiger partial charge >= 0.3 is 0 Å². The van der Waals surface area contributed by atoms with Crippen LogP contribution in [0.5, 0.6) is 0 Å². The van der Waals surface area contributed by atoms with Gasteiger partial charge in [-0.1, -0.05) is 12.8 Å². The van der Waals surface area contributed by atoms with Crippen molar-refractivity contribution in [1.29, 1.82) is 0 Å². The molecule has 3 nitrogen and oxygen atoms in total. The molecule has 0 aromatic heterocycles. The van der Waals surface area contributed by atoms with Crippen molar-refractivity contribution in [3.8, 4) is 0 Å². The van der Waals surface area contributed by atoms with Crippen molar-refractivity contribution >= 4 is 0 Å². The van der Waals surface area contributed by atoms with Crippen molar-refractivity contribution in [1.82, 2.24) is 4.90 Å². The van der Waals surface area contributed by atoms with Crippen LogP contribution in [-0.4, -0.2) is 46.9 Å². The molecule has 1 saturated carbocycles. The maximum absolute atomic E-state index is 9.41. The lowest BCUT2D eigenvalue weighted by Gasteiger charge is -2.54. The van der Waals surface area contributed by atoms with Gasteiger partial charge in [-0.15, -0.1) is 0 Å². The van der Waals surface area contributed by atoms with Crippen molar-refractivity contribution < 1.29 is 9.84 Å². The predicted molar refractivity (Wildman–Crippen MR) is 66.9 cm³/mol. The van der Waals surface area contributed by atoms with Gasteiger partial charge in [0.15, 0.2) is 0 Å². The van der Waals surface area contributed by atoms with Gasteiger partial charge in [-0.2, -0.15) is 0 Å². The second-order valence-electron chi connectivity index (χ2n) is 6.80. The van der Waals surface area contributed by atoms with Crippen molar-refractivity contribution in [3.05, 3.63) is 0 Å². The second kappa shape index (κ2) is 3.69. The summed E-state index contributed by atoms with van der Waals surface area (Å²) in [4.78, 5) is 2.57. The Morgan fingerprint density at radius 3 is 2.65 bits per heavy atom. The number of piperidine rings is 1. The van der Waals surface area contributed by atoms with Gasteiger partial charge in [-0.05, 0) is 40.2 Å². The summed E-state index contributed by atoms with van der Waals surface area (Å²) in [6.07, 6.45) is 6.44. The van der Waals surface area contributed by atoms with E-state index in [0.717, 1.165) is 6.42 Å². The summed E-state index contributed by atoms with van der Waals surface area (Å²) in [5, 5.41) is 9.41. The molecule has 2 unspecified atom stereocenters. The van der Waals surface area contributed by atoms with Crippen LogP contribution in [0, 0.1) is 5.92 Å². The minimum atomic E-state index is 0.00977. The fourth-order valence-corrected chi connectivity index (χ4v) is 4.43. The first-order chi connectivity index (χ1) is 8.01. The Balaban J connectivity index is 1.90. The van der Waals surface area contributed by atoms with Crippen LogP contribution >= 0.6 is 0 Å². The number of hydrogen-bond acceptors (Lipinski definition) is 3. The third kappa shape index (κ3) is 1.59. The molecule has 0 radical (unpaired) electrons. The van der Waals surface area contributed by atoms with Gasteiger partial charge in [0.2, 0.25) is 0 Å². The number of hydrogen-bond donors (Lipinski definition) is 1. The Bertz CT molecular complexity index is 317. The largest absolute Gasteiger partial charge is 0.394 e. The molecule has 4 atom stereocenters. The number of fused-ring (bicyclic) bond motifs is 2. The van der Waals surface area contributed by atoms with Crippen LogP contribution in [0.1, 0.15) is 46.0 Å². The Morgan fingerprint density at radius 1 is 1.29 bits per heavy atom. The maximum Gasteiger partial charge on any atom is 0.111 e. The normalized spacial score (nSPS) is 49.1. The molecule has 0 bridgehead atoms. The van der Waals surface area contributed by atoms with E-state index >= 15 is 0 Å². The minimum Gasteiger partial charge on any atom is -0.394 e. The molecular weight excluding hydrogens is 214 g/mol. The fourth-order valence-electron chi connectivity index (χ4n) is 4.43. The number of ether oxygens (including phenoxy) is 1. The molecule has 2 aliphatic heterocycles. The lowest BCUT2D eigenvalue weighted by atomic mass is 9.65. The van der Waals surface area contributed by atoms with Crippen LogP contribution in [-0.2, 0) is 4.74 Å². The highest BCUT2D eigenvalue weighted by Gasteiger charge is 2.67. The zero-order valence-corrected chi connectivity index (χ0v) is 11.3. The average Bonchev–Trinajstić information content (AvgIpc) is 3.00. The van der Waals surface area contributed by atoms with E-state index < -0.39 is 0 Å². The highest BCUT2D eigenvalue weighted by molar-refractivity contribution is 5.17. The molecule has 0 aromatic rings. The molecule has 17 heavy (non-hydrogen) atoms. The minimum absolute atomic E-state index is 0.00977. The molecule has 1 spiro atoms. The molecule has 2 saturated heterocycles. The van der Waals surface area contributed by atoms with Crippen molar-refractivity contribution in [2.75, 3.05) is 13.7 Å². The molecule has 98 valence electrons. The summed E-state index contributed by atoms with van der Waals surface area (Å²) in [6, 6.07) is 0.657. The third-order valence-electron chi connectivity index (χ3n) is 5.53. The van der Waals surface area contributed by atoms with Gasteiger partial charge in [-0.3, -0.25) is 4.90 Å². The SMILES string of the molecule is CN1[C@H]2CCCC[C@@H]2C2(CC1(C)C)OC2CO. The molecule has 3 aliphatic rings. The lowest BCUT2D eigenvalue weighted by Crippen LogP contribution is -2.62. The Hall–Kier alpha value is -0.120. The Kier molecular flexibility index (Phi) is 2.59. The highest BCUT2D eigenvalue weighted by atomic mass is 16.6. The molecule has 3 fully saturated rings. The Morgan fingerprint density at radius 2 is 2.00 bits per heavy atom. The number of aliphatic hydroxyl groups is 1. The quantitative estimate of drug-likeness (QED) is 0.709. The molecule has 2 heterocycles. The first-order valence-electron chi connectivity index (χ1n) is 7.03. The van der Waals surface area contributed by atoms with E-state index in [1.165, 1.54) is 25.7 Å². The van der Waals surface area contributed by atoms with Crippen LogP contribution in [0.25, 0.3) is 0 Å². The van der Waals surface area contributed by atoms with E-state index in [2.05, 4.69) is 25.8 Å². The summed E-state index contributed by atoms with van der Waals surface area (Å²) in [7, 11) is 2.27. The molecule has 1 N–H and O–H groups in total. The highest BCUT2D eigenvalue weighted by Crippen LogP contribution is 2.58. The number of nitrogens with zero attached hydrogens (tertiary/aromatic N) is 1. The van der Waals surface area contributed by atoms with Crippen LogP contribution in [0.15, 0.2) is 0 Å². The van der Waals surface area contributed by atoms with Crippen LogP contribution in [0.4, 0.5) is 0 Å². The third-order valence-corrected chi connectivity index (χ3v) is 5.53. The van der Waals surface area contributed by atoms with Crippen LogP contribution in [0.2, 0.25) is 0 Å². The average molecular weight is 239 g/mol. The van der Waals surface area contributed by atoms with E-state index in [4.69, 9.17) is 4.74 Å². The van der Waals surface area contributed by atoms with E-state index in [1.54, 1.807) is 0 Å². The van der Waals surface area contributed by atoms with Gasteiger partial charge in [0.05, 0.1) is 6.61 Å². The number of likely N-dealkylation sites (tertiary alicyclic amines) is 1. The standard InChI is InChI=1S/C14H25NO2/c1-13(2)9-14(12(8-16)17-14)10-6-4-5-7-11(10)15(13)3/h10-12,16H,4-9H2,1-3H3/t10-,11-,12?,14?/m0/s1. The molecule has 0 aromatic carbocycles. The van der Waals surface area contributed by atoms with E-state index in [-0.39, 0.29) is 23.9 Å². The van der Waals surface area contributed by atoms with Gasteiger partial charge in [0.1, 0.15) is 11.7 Å². The Labute approximate surface area is 104 Å². The molecule has 0 amide bonds. The fraction of sp³-hybridized carbons (Fsp3) is 1.00. The summed E-state index contributed by atoms with van der Waals surface area (Å²) in [5.74, 6) is 0.645. The first-order valence-corrected chi connectivity index (χ1v) is 7.03. The first kappa shape index (κ1) is 11.9. The number of epoxide rings is 1. The van der Waals surface area contributed by atoms with Crippen LogP contribution in [0.3, 0.4) is 0 Å². The van der Waals surface area contributed by atoms with Gasteiger partial charge in [0.25, 0.3) is 0 Å². The number of aliphatic hydroxyl groups excluding tert-OH is 1. The van der Waals surface area contributed by atoms with E-state index in [1.807, 2.05) is 0 Å². The maximum atomic E-state index is 9.41. The van der Waals surface area contributed by atoms with Crippen LogP contribution < -0.4 is 0 Å². The van der Waals surface area contributed by atoms with Gasteiger partial charge < -0.3 is 9.84 Å². The summed E-state index contributed by atoms with van der Waals surface area (Å²) in [6.45, 7) is 4.83. The lowest BCUT2D eigenvalue weighted by molar-refractivity contribution is -0.0591. The summed E-state index contributed by atoms with van der Waals surface area (Å²) in [5.41, 5.74) is 0.207. The predicted octanol–water partition coefficient (Wildman–Crippen LogP) is 1.79. The van der Waals surface area contributed by atoms with Crippen molar-refractivity contribution in [2.45, 2.75) is 69.2 Å². The number of rotatable bonds is 1. The van der Waals surface area contributed by atoms with Crippen molar-refractivity contribution in [2.24, 2.45) is 5.92 Å². The van der Waals surface area contributed by atoms with Gasteiger partial charge in [-0.25, -0.2) is 0 Å².